The fourth-order valence-corrected chi connectivity index (χ4v) is 5.73. The van der Waals surface area contributed by atoms with Crippen LogP contribution >= 0.6 is 0 Å². The Morgan fingerprint density at radius 3 is 2.20 bits per heavy atom. The first-order valence-corrected chi connectivity index (χ1v) is 14.7. The summed E-state index contributed by atoms with van der Waals surface area (Å²) in [6, 6.07) is 22.5. The molecule has 6 nitrogen and oxygen atoms in total. The molecule has 3 aliphatic rings. The molecule has 0 spiro atoms. The minimum atomic E-state index is -0.312. The van der Waals surface area contributed by atoms with Crippen molar-refractivity contribution in [3.63, 3.8) is 0 Å². The summed E-state index contributed by atoms with van der Waals surface area (Å²) in [5.74, 6) is 2.39. The number of aliphatic hydroxyl groups excluding tert-OH is 1. The van der Waals surface area contributed by atoms with Gasteiger partial charge in [0.05, 0.1) is 19.8 Å². The largest absolute Gasteiger partial charge is 0.480 e. The number of ether oxygens (including phenoxy) is 5. The maximum atomic E-state index is 9.16. The number of hydrogen-bond acceptors (Lipinski definition) is 6. The number of aliphatic hydroxyl groups is 1. The Morgan fingerprint density at radius 1 is 0.829 bits per heavy atom. The van der Waals surface area contributed by atoms with Crippen LogP contribution in [0, 0.1) is 0 Å². The highest BCUT2D eigenvalue weighted by Gasteiger charge is 2.30. The molecule has 3 unspecified atom stereocenters. The van der Waals surface area contributed by atoms with Crippen LogP contribution in [0.15, 0.2) is 72.8 Å². The highest BCUT2D eigenvalue weighted by Crippen LogP contribution is 2.48. The van der Waals surface area contributed by atoms with E-state index in [2.05, 4.69) is 37.3 Å². The quantitative estimate of drug-likeness (QED) is 0.310. The van der Waals surface area contributed by atoms with Gasteiger partial charge in [-0.25, -0.2) is 0 Å². The molecule has 6 heteroatoms. The molecule has 41 heavy (non-hydrogen) atoms. The molecule has 3 aromatic rings. The predicted octanol–water partition coefficient (Wildman–Crippen LogP) is 7.57. The fraction of sp³-hybridized carbons (Fsp3) is 0.371. The van der Waals surface area contributed by atoms with E-state index in [1.54, 1.807) is 6.08 Å². The summed E-state index contributed by atoms with van der Waals surface area (Å²) in [5.41, 5.74) is 6.32. The van der Waals surface area contributed by atoms with Crippen LogP contribution in [0.5, 0.6) is 17.2 Å². The Labute approximate surface area is 242 Å². The predicted molar refractivity (Wildman–Crippen MR) is 160 cm³/mol. The van der Waals surface area contributed by atoms with Crippen LogP contribution in [0.25, 0.3) is 17.2 Å². The lowest BCUT2D eigenvalue weighted by Gasteiger charge is -2.32. The number of rotatable bonds is 8. The van der Waals surface area contributed by atoms with Crippen LogP contribution in [-0.4, -0.2) is 37.5 Å². The molecule has 1 N–H and O–H groups in total. The average molecular weight is 555 g/mol. The van der Waals surface area contributed by atoms with Crippen LogP contribution in [0.1, 0.15) is 73.8 Å². The summed E-state index contributed by atoms with van der Waals surface area (Å²) < 4.78 is 30.9. The number of allylic oxidation sites excluding steroid dienone is 1. The normalized spacial score (nSPS) is 22.7. The third-order valence-electron chi connectivity index (χ3n) is 7.88. The average Bonchev–Trinajstić information content (AvgIpc) is 3.01. The maximum Gasteiger partial charge on any atom is 0.199 e. The van der Waals surface area contributed by atoms with Crippen molar-refractivity contribution in [2.24, 2.45) is 0 Å². The minimum absolute atomic E-state index is 0.0131. The molecule has 0 radical (unpaired) electrons. The lowest BCUT2D eigenvalue weighted by Crippen LogP contribution is -2.25. The van der Waals surface area contributed by atoms with E-state index in [1.165, 1.54) is 0 Å². The molecular formula is C35H38O6. The molecule has 3 atom stereocenters. The van der Waals surface area contributed by atoms with Crippen molar-refractivity contribution in [3.8, 4) is 17.2 Å². The molecule has 0 aliphatic carbocycles. The van der Waals surface area contributed by atoms with Crippen molar-refractivity contribution >= 4 is 17.2 Å². The summed E-state index contributed by atoms with van der Waals surface area (Å²) in [6.07, 6.45) is 9.09. The van der Waals surface area contributed by atoms with E-state index in [9.17, 15) is 0 Å². The van der Waals surface area contributed by atoms with Gasteiger partial charge in [-0.3, -0.25) is 0 Å². The van der Waals surface area contributed by atoms with Gasteiger partial charge in [-0.15, -0.1) is 0 Å². The van der Waals surface area contributed by atoms with Crippen molar-refractivity contribution in [1.29, 1.82) is 0 Å². The number of benzene rings is 3. The van der Waals surface area contributed by atoms with Gasteiger partial charge in [-0.2, -0.15) is 0 Å². The second kappa shape index (κ2) is 12.9. The molecule has 6 rings (SSSR count). The lowest BCUT2D eigenvalue weighted by atomic mass is 9.86. The van der Waals surface area contributed by atoms with Crippen molar-refractivity contribution in [3.05, 3.63) is 95.1 Å². The molecule has 2 fully saturated rings. The Hall–Kier alpha value is -3.58. The van der Waals surface area contributed by atoms with Gasteiger partial charge in [-0.1, -0.05) is 48.6 Å². The first kappa shape index (κ1) is 27.6. The first-order chi connectivity index (χ1) is 20.2. The molecular weight excluding hydrogens is 516 g/mol. The van der Waals surface area contributed by atoms with Gasteiger partial charge in [0, 0.05) is 24.0 Å². The van der Waals surface area contributed by atoms with Crippen LogP contribution < -0.4 is 14.2 Å². The van der Waals surface area contributed by atoms with E-state index >= 15 is 0 Å². The SMILES string of the molecule is CC1=C(c2cccc(OC3CCCCO3)c2)C(c2ccc(/C=C/CO)cc2)Oc2ccc(OC3CCCCO3)cc21. The molecule has 3 aliphatic heterocycles. The summed E-state index contributed by atoms with van der Waals surface area (Å²) >= 11 is 0. The Kier molecular flexibility index (Phi) is 8.71. The van der Waals surface area contributed by atoms with Crippen LogP contribution in [0.3, 0.4) is 0 Å². The molecule has 0 aromatic heterocycles. The third kappa shape index (κ3) is 6.51. The second-order valence-corrected chi connectivity index (χ2v) is 10.8. The highest BCUT2D eigenvalue weighted by atomic mass is 16.7. The van der Waals surface area contributed by atoms with Crippen LogP contribution in [0.2, 0.25) is 0 Å². The van der Waals surface area contributed by atoms with E-state index in [0.717, 1.165) is 102 Å². The highest BCUT2D eigenvalue weighted by molar-refractivity contribution is 5.96. The summed E-state index contributed by atoms with van der Waals surface area (Å²) in [7, 11) is 0. The molecule has 0 saturated carbocycles. The molecule has 2 saturated heterocycles. The molecule has 0 amide bonds. The summed E-state index contributed by atoms with van der Waals surface area (Å²) in [6.45, 7) is 3.64. The molecule has 3 heterocycles. The smallest absolute Gasteiger partial charge is 0.199 e. The zero-order chi connectivity index (χ0) is 28.0. The van der Waals surface area contributed by atoms with Crippen molar-refractivity contribution in [2.75, 3.05) is 19.8 Å². The lowest BCUT2D eigenvalue weighted by molar-refractivity contribution is -0.106. The first-order valence-electron chi connectivity index (χ1n) is 14.7. The third-order valence-corrected chi connectivity index (χ3v) is 7.88. The van der Waals surface area contributed by atoms with Crippen LogP contribution in [0.4, 0.5) is 0 Å². The van der Waals surface area contributed by atoms with E-state index in [-0.39, 0.29) is 25.3 Å². The standard InChI is InChI=1S/C35H38O6/c1-24-30-23-29(40-33-12-3-5-21-38-33)17-18-31(30)41-35(26-15-13-25(14-16-26)8-7-19-36)34(24)27-9-6-10-28(22-27)39-32-11-2-4-20-37-32/h6-10,13-18,22-23,32-33,35-36H,2-5,11-12,19-21H2,1H3/b8-7+. The van der Waals surface area contributed by atoms with Crippen molar-refractivity contribution in [2.45, 2.75) is 64.1 Å². The Balaban J connectivity index is 1.37. The second-order valence-electron chi connectivity index (χ2n) is 10.8. The van der Waals surface area contributed by atoms with Gasteiger partial charge < -0.3 is 28.8 Å². The van der Waals surface area contributed by atoms with Gasteiger partial charge in [0.1, 0.15) is 23.4 Å². The summed E-state index contributed by atoms with van der Waals surface area (Å²) in [4.78, 5) is 0. The van der Waals surface area contributed by atoms with E-state index in [1.807, 2.05) is 42.5 Å². The monoisotopic (exact) mass is 554 g/mol. The van der Waals surface area contributed by atoms with Gasteiger partial charge in [0.2, 0.25) is 0 Å². The van der Waals surface area contributed by atoms with E-state index in [4.69, 9.17) is 28.8 Å². The van der Waals surface area contributed by atoms with Gasteiger partial charge in [0.15, 0.2) is 12.6 Å². The molecule has 3 aromatic carbocycles. The zero-order valence-corrected chi connectivity index (χ0v) is 23.6. The summed E-state index contributed by atoms with van der Waals surface area (Å²) in [5, 5.41) is 9.16. The van der Waals surface area contributed by atoms with E-state index < -0.39 is 0 Å². The zero-order valence-electron chi connectivity index (χ0n) is 23.6. The van der Waals surface area contributed by atoms with Gasteiger partial charge >= 0.3 is 0 Å². The minimum Gasteiger partial charge on any atom is -0.480 e. The van der Waals surface area contributed by atoms with Crippen molar-refractivity contribution in [1.82, 2.24) is 0 Å². The van der Waals surface area contributed by atoms with Crippen LogP contribution in [-0.2, 0) is 9.47 Å². The topological polar surface area (TPSA) is 66.4 Å². The van der Waals surface area contributed by atoms with Gasteiger partial charge in [-0.05, 0) is 85.2 Å². The van der Waals surface area contributed by atoms with Crippen molar-refractivity contribution < 1.29 is 28.8 Å². The maximum absolute atomic E-state index is 9.16. The Morgan fingerprint density at radius 2 is 1.54 bits per heavy atom. The fourth-order valence-electron chi connectivity index (χ4n) is 5.73. The molecule has 0 bridgehead atoms. The van der Waals surface area contributed by atoms with E-state index in [0.29, 0.717) is 0 Å². The number of hydrogen-bond donors (Lipinski definition) is 1. The Bertz CT molecular complexity index is 1380. The van der Waals surface area contributed by atoms with Gasteiger partial charge in [0.25, 0.3) is 0 Å². The number of fused-ring (bicyclic) bond motifs is 1. The molecule has 214 valence electrons.